The first kappa shape index (κ1) is 18.9. The number of anilines is 1. The maximum atomic E-state index is 5.90. The van der Waals surface area contributed by atoms with Crippen molar-refractivity contribution in [1.29, 1.82) is 0 Å². The first-order valence-electron chi connectivity index (χ1n) is 10.1. The number of benzene rings is 3. The van der Waals surface area contributed by atoms with Gasteiger partial charge < -0.3 is 14.1 Å². The van der Waals surface area contributed by atoms with Crippen LogP contribution in [0.15, 0.2) is 102 Å². The molecule has 5 nitrogen and oxygen atoms in total. The quantitative estimate of drug-likeness (QED) is 0.330. The summed E-state index contributed by atoms with van der Waals surface area (Å²) in [7, 11) is 2.01. The molecule has 5 rings (SSSR count). The van der Waals surface area contributed by atoms with Gasteiger partial charge in [0.25, 0.3) is 0 Å². The molecule has 0 aliphatic carbocycles. The van der Waals surface area contributed by atoms with Crippen LogP contribution in [0, 0.1) is 0 Å². The predicted octanol–water partition coefficient (Wildman–Crippen LogP) is 6.32. The molecule has 2 heterocycles. The second-order valence-corrected chi connectivity index (χ2v) is 7.26. The molecule has 0 aliphatic heterocycles. The van der Waals surface area contributed by atoms with Crippen LogP contribution in [0.25, 0.3) is 22.3 Å². The second kappa shape index (κ2) is 8.32. The van der Waals surface area contributed by atoms with E-state index in [2.05, 4.69) is 4.90 Å². The molecule has 0 bridgehead atoms. The number of fused-ring (bicyclic) bond motifs is 1. The molecule has 5 heteroatoms. The zero-order valence-electron chi connectivity index (χ0n) is 17.1. The summed E-state index contributed by atoms with van der Waals surface area (Å²) in [6.07, 6.45) is 1.69. The first-order valence-corrected chi connectivity index (χ1v) is 10.1. The Kier molecular flexibility index (Phi) is 5.07. The van der Waals surface area contributed by atoms with Gasteiger partial charge in [-0.25, -0.2) is 9.97 Å². The standard InChI is InChI=1S/C26H21N3O2/c1-29(18-22-10-7-17-30-22)26-23-11-5-6-12-24(23)27-25(28-26)19-13-15-21(16-14-19)31-20-8-3-2-4-9-20/h2-17H,18H2,1H3. The minimum Gasteiger partial charge on any atom is -0.467 e. The molecule has 0 saturated heterocycles. The van der Waals surface area contributed by atoms with E-state index >= 15 is 0 Å². The third kappa shape index (κ3) is 4.12. The van der Waals surface area contributed by atoms with Crippen molar-refractivity contribution in [3.05, 3.63) is 103 Å². The lowest BCUT2D eigenvalue weighted by molar-refractivity contribution is 0.483. The number of hydrogen-bond acceptors (Lipinski definition) is 5. The second-order valence-electron chi connectivity index (χ2n) is 7.26. The van der Waals surface area contributed by atoms with Gasteiger partial charge in [0.1, 0.15) is 23.1 Å². The average molecular weight is 407 g/mol. The Balaban J connectivity index is 1.48. The SMILES string of the molecule is CN(Cc1ccco1)c1nc(-c2ccc(Oc3ccccc3)cc2)nc2ccccc12. The maximum Gasteiger partial charge on any atom is 0.162 e. The van der Waals surface area contributed by atoms with Crippen LogP contribution in [-0.4, -0.2) is 17.0 Å². The summed E-state index contributed by atoms with van der Waals surface area (Å²) in [5.74, 6) is 3.99. The van der Waals surface area contributed by atoms with Crippen LogP contribution in [0.2, 0.25) is 0 Å². The van der Waals surface area contributed by atoms with Crippen LogP contribution >= 0.6 is 0 Å². The number of nitrogens with zero attached hydrogens (tertiary/aromatic N) is 3. The van der Waals surface area contributed by atoms with Crippen molar-refractivity contribution in [2.75, 3.05) is 11.9 Å². The van der Waals surface area contributed by atoms with Gasteiger partial charge in [-0.05, 0) is 60.7 Å². The zero-order valence-corrected chi connectivity index (χ0v) is 17.1. The van der Waals surface area contributed by atoms with Gasteiger partial charge in [0.2, 0.25) is 0 Å². The molecular weight excluding hydrogens is 386 g/mol. The molecule has 152 valence electrons. The van der Waals surface area contributed by atoms with Crippen molar-refractivity contribution in [2.45, 2.75) is 6.54 Å². The molecule has 0 radical (unpaired) electrons. The van der Waals surface area contributed by atoms with E-state index in [-0.39, 0.29) is 0 Å². The molecule has 0 unspecified atom stereocenters. The van der Waals surface area contributed by atoms with Crippen molar-refractivity contribution >= 4 is 16.7 Å². The van der Waals surface area contributed by atoms with Crippen LogP contribution in [0.4, 0.5) is 5.82 Å². The Morgan fingerprint density at radius 2 is 1.52 bits per heavy atom. The van der Waals surface area contributed by atoms with Crippen molar-refractivity contribution in [3.8, 4) is 22.9 Å². The Bertz CT molecular complexity index is 1280. The van der Waals surface area contributed by atoms with Gasteiger partial charge in [-0.2, -0.15) is 0 Å². The highest BCUT2D eigenvalue weighted by Crippen LogP contribution is 2.29. The minimum absolute atomic E-state index is 0.622. The van der Waals surface area contributed by atoms with Crippen molar-refractivity contribution in [2.24, 2.45) is 0 Å². The van der Waals surface area contributed by atoms with E-state index in [1.165, 1.54) is 0 Å². The number of hydrogen-bond donors (Lipinski definition) is 0. The Morgan fingerprint density at radius 1 is 0.774 bits per heavy atom. The van der Waals surface area contributed by atoms with Gasteiger partial charge in [0, 0.05) is 18.0 Å². The van der Waals surface area contributed by atoms with Crippen molar-refractivity contribution in [1.82, 2.24) is 9.97 Å². The predicted molar refractivity (Wildman–Crippen MR) is 122 cm³/mol. The molecular formula is C26H21N3O2. The largest absolute Gasteiger partial charge is 0.467 e. The normalized spacial score (nSPS) is 10.9. The molecule has 0 spiro atoms. The van der Waals surface area contributed by atoms with Crippen LogP contribution < -0.4 is 9.64 Å². The van der Waals surface area contributed by atoms with Gasteiger partial charge in [0.05, 0.1) is 18.3 Å². The lowest BCUT2D eigenvalue weighted by atomic mass is 10.1. The molecule has 2 aromatic heterocycles. The van der Waals surface area contributed by atoms with Crippen molar-refractivity contribution < 1.29 is 9.15 Å². The van der Waals surface area contributed by atoms with E-state index in [0.29, 0.717) is 12.4 Å². The lowest BCUT2D eigenvalue weighted by Crippen LogP contribution is -2.18. The molecule has 0 fully saturated rings. The Labute approximate surface area is 180 Å². The highest BCUT2D eigenvalue weighted by molar-refractivity contribution is 5.91. The Morgan fingerprint density at radius 3 is 2.29 bits per heavy atom. The summed E-state index contributed by atoms with van der Waals surface area (Å²) in [5.41, 5.74) is 1.83. The summed E-state index contributed by atoms with van der Waals surface area (Å²) >= 11 is 0. The molecule has 0 atom stereocenters. The molecule has 0 N–H and O–H groups in total. The number of aromatic nitrogens is 2. The van der Waals surface area contributed by atoms with E-state index < -0.39 is 0 Å². The summed E-state index contributed by atoms with van der Waals surface area (Å²) in [6.45, 7) is 0.622. The fourth-order valence-corrected chi connectivity index (χ4v) is 3.49. The first-order chi connectivity index (χ1) is 15.3. The van der Waals surface area contributed by atoms with E-state index in [4.69, 9.17) is 19.1 Å². The van der Waals surface area contributed by atoms with E-state index in [0.717, 1.165) is 39.5 Å². The molecule has 0 aliphatic rings. The minimum atomic E-state index is 0.622. The molecule has 0 amide bonds. The fraction of sp³-hybridized carbons (Fsp3) is 0.0769. The van der Waals surface area contributed by atoms with Gasteiger partial charge in [-0.1, -0.05) is 30.3 Å². The highest BCUT2D eigenvalue weighted by Gasteiger charge is 2.14. The van der Waals surface area contributed by atoms with E-state index in [1.54, 1.807) is 6.26 Å². The third-order valence-electron chi connectivity index (χ3n) is 5.01. The van der Waals surface area contributed by atoms with Gasteiger partial charge in [0.15, 0.2) is 5.82 Å². The van der Waals surface area contributed by atoms with Gasteiger partial charge in [-0.3, -0.25) is 0 Å². The molecule has 0 saturated carbocycles. The van der Waals surface area contributed by atoms with E-state index in [1.807, 2.05) is 98.0 Å². The van der Waals surface area contributed by atoms with Crippen molar-refractivity contribution in [3.63, 3.8) is 0 Å². The molecule has 3 aromatic carbocycles. The van der Waals surface area contributed by atoms with Crippen LogP contribution in [0.1, 0.15) is 5.76 Å². The number of furan rings is 1. The lowest BCUT2D eigenvalue weighted by Gasteiger charge is -2.19. The topological polar surface area (TPSA) is 51.4 Å². The van der Waals surface area contributed by atoms with Crippen LogP contribution in [-0.2, 0) is 6.54 Å². The zero-order chi connectivity index (χ0) is 21.0. The van der Waals surface area contributed by atoms with Gasteiger partial charge in [-0.15, -0.1) is 0 Å². The van der Waals surface area contributed by atoms with Crippen LogP contribution in [0.5, 0.6) is 11.5 Å². The summed E-state index contributed by atoms with van der Waals surface area (Å²) in [5, 5.41) is 1.00. The van der Waals surface area contributed by atoms with Crippen LogP contribution in [0.3, 0.4) is 0 Å². The Hall–Kier alpha value is -4.12. The summed E-state index contributed by atoms with van der Waals surface area (Å²) in [6, 6.07) is 29.5. The fourth-order valence-electron chi connectivity index (χ4n) is 3.49. The highest BCUT2D eigenvalue weighted by atomic mass is 16.5. The summed E-state index contributed by atoms with van der Waals surface area (Å²) < 4.78 is 11.4. The number of rotatable bonds is 6. The van der Waals surface area contributed by atoms with E-state index in [9.17, 15) is 0 Å². The molecule has 5 aromatic rings. The summed E-state index contributed by atoms with van der Waals surface area (Å²) in [4.78, 5) is 11.8. The average Bonchev–Trinajstić information content (AvgIpc) is 3.32. The monoisotopic (exact) mass is 407 g/mol. The number of para-hydroxylation sites is 2. The smallest absolute Gasteiger partial charge is 0.162 e. The number of ether oxygens (including phenoxy) is 1. The molecule has 31 heavy (non-hydrogen) atoms. The third-order valence-corrected chi connectivity index (χ3v) is 5.01. The van der Waals surface area contributed by atoms with Gasteiger partial charge >= 0.3 is 0 Å². The maximum absolute atomic E-state index is 5.90.